The minimum Gasteiger partial charge on any atom is -0.497 e. The van der Waals surface area contributed by atoms with E-state index in [-0.39, 0.29) is 12.1 Å². The van der Waals surface area contributed by atoms with Crippen LogP contribution >= 0.6 is 0 Å². The number of methoxy groups -OCH3 is 1. The van der Waals surface area contributed by atoms with Crippen LogP contribution in [0.2, 0.25) is 0 Å². The zero-order valence-electron chi connectivity index (χ0n) is 15.7. The molecule has 0 aliphatic carbocycles. The fourth-order valence-electron chi connectivity index (χ4n) is 3.15. The van der Waals surface area contributed by atoms with Crippen molar-refractivity contribution in [3.05, 3.63) is 88.5 Å². The first-order valence-electron chi connectivity index (χ1n) is 9.03. The van der Waals surface area contributed by atoms with Gasteiger partial charge in [-0.25, -0.2) is 4.52 Å². The average molecular weight is 375 g/mol. The molecule has 142 valence electrons. The topological polar surface area (TPSA) is 68.8 Å². The van der Waals surface area contributed by atoms with Crippen molar-refractivity contribution in [1.82, 2.24) is 14.2 Å². The van der Waals surface area contributed by atoms with Crippen molar-refractivity contribution in [2.24, 2.45) is 0 Å². The van der Waals surface area contributed by atoms with Crippen LogP contribution < -0.4 is 10.3 Å². The summed E-state index contributed by atoms with van der Waals surface area (Å²) in [5.41, 5.74) is 3.87. The Hall–Kier alpha value is -3.38. The first-order valence-corrected chi connectivity index (χ1v) is 9.03. The number of aliphatic hydroxyl groups is 1. The monoisotopic (exact) mass is 375 g/mol. The summed E-state index contributed by atoms with van der Waals surface area (Å²) < 4.78 is 8.22. The number of benzene rings is 2. The molecule has 2 aromatic heterocycles. The van der Waals surface area contributed by atoms with Crippen LogP contribution in [0.5, 0.6) is 5.75 Å². The summed E-state index contributed by atoms with van der Waals surface area (Å²) in [7, 11) is 1.59. The van der Waals surface area contributed by atoms with Gasteiger partial charge in [0.05, 0.1) is 25.5 Å². The van der Waals surface area contributed by atoms with Gasteiger partial charge in [-0.05, 0) is 30.7 Å². The predicted octanol–water partition coefficient (Wildman–Crippen LogP) is 3.21. The molecule has 0 aliphatic heterocycles. The highest BCUT2D eigenvalue weighted by molar-refractivity contribution is 5.65. The van der Waals surface area contributed by atoms with E-state index in [1.54, 1.807) is 54.4 Å². The maximum atomic E-state index is 12.9. The Morgan fingerprint density at radius 3 is 2.46 bits per heavy atom. The number of hydrogen-bond donors (Lipinski definition) is 1. The standard InChI is InChI=1S/C22H21N3O3/c1-15-3-5-16(6-4-15)19-13-20-22(27)24(11-12-25(20)23-19)14-21(26)17-7-9-18(28-2)10-8-17/h3-13,21,26H,14H2,1-2H3/t21-/m0/s1. The number of hydrogen-bond acceptors (Lipinski definition) is 4. The number of rotatable bonds is 5. The fourth-order valence-corrected chi connectivity index (χ4v) is 3.15. The first kappa shape index (κ1) is 18.0. The number of aryl methyl sites for hydroxylation is 1. The summed E-state index contributed by atoms with van der Waals surface area (Å²) in [6.45, 7) is 2.19. The first-order chi connectivity index (χ1) is 13.5. The summed E-state index contributed by atoms with van der Waals surface area (Å²) in [6, 6.07) is 17.0. The van der Waals surface area contributed by atoms with Gasteiger partial charge in [0.2, 0.25) is 0 Å². The minimum absolute atomic E-state index is 0.159. The third-order valence-electron chi connectivity index (χ3n) is 4.82. The van der Waals surface area contributed by atoms with Crippen molar-refractivity contribution in [2.75, 3.05) is 7.11 Å². The van der Waals surface area contributed by atoms with Gasteiger partial charge in [0, 0.05) is 18.0 Å². The zero-order chi connectivity index (χ0) is 19.7. The second-order valence-electron chi connectivity index (χ2n) is 6.77. The van der Waals surface area contributed by atoms with E-state index in [2.05, 4.69) is 5.10 Å². The Kier molecular flexibility index (Phi) is 4.71. The molecule has 0 saturated carbocycles. The van der Waals surface area contributed by atoms with E-state index in [0.717, 1.165) is 22.6 Å². The van der Waals surface area contributed by atoms with Crippen molar-refractivity contribution in [1.29, 1.82) is 0 Å². The second-order valence-corrected chi connectivity index (χ2v) is 6.77. The minimum atomic E-state index is -0.800. The molecule has 2 aromatic carbocycles. The van der Waals surface area contributed by atoms with Gasteiger partial charge < -0.3 is 14.4 Å². The molecule has 0 radical (unpaired) electrons. The van der Waals surface area contributed by atoms with E-state index in [0.29, 0.717) is 5.52 Å². The third kappa shape index (κ3) is 3.42. The molecule has 0 spiro atoms. The summed E-state index contributed by atoms with van der Waals surface area (Å²) >= 11 is 0. The van der Waals surface area contributed by atoms with Gasteiger partial charge in [0.25, 0.3) is 5.56 Å². The van der Waals surface area contributed by atoms with E-state index >= 15 is 0 Å². The molecule has 4 rings (SSSR count). The Morgan fingerprint density at radius 2 is 1.79 bits per heavy atom. The highest BCUT2D eigenvalue weighted by Gasteiger charge is 2.13. The van der Waals surface area contributed by atoms with E-state index < -0.39 is 6.10 Å². The van der Waals surface area contributed by atoms with Crippen LogP contribution in [-0.4, -0.2) is 26.4 Å². The van der Waals surface area contributed by atoms with Crippen LogP contribution in [0.3, 0.4) is 0 Å². The highest BCUT2D eigenvalue weighted by Crippen LogP contribution is 2.20. The van der Waals surface area contributed by atoms with Gasteiger partial charge in [0.1, 0.15) is 11.3 Å². The molecule has 0 amide bonds. The molecule has 1 N–H and O–H groups in total. The fraction of sp³-hybridized carbons (Fsp3) is 0.182. The number of aromatic nitrogens is 3. The average Bonchev–Trinajstić information content (AvgIpc) is 3.16. The van der Waals surface area contributed by atoms with Crippen LogP contribution in [0.1, 0.15) is 17.2 Å². The third-order valence-corrected chi connectivity index (χ3v) is 4.82. The molecular formula is C22H21N3O3. The predicted molar refractivity (Wildman–Crippen MR) is 108 cm³/mol. The van der Waals surface area contributed by atoms with E-state index in [9.17, 15) is 9.90 Å². The van der Waals surface area contributed by atoms with Crippen molar-refractivity contribution >= 4 is 5.52 Å². The molecule has 6 nitrogen and oxygen atoms in total. The van der Waals surface area contributed by atoms with Gasteiger partial charge in [0.15, 0.2) is 0 Å². The van der Waals surface area contributed by atoms with Crippen LogP contribution in [-0.2, 0) is 6.54 Å². The summed E-state index contributed by atoms with van der Waals surface area (Å²) in [4.78, 5) is 12.9. The summed E-state index contributed by atoms with van der Waals surface area (Å²) in [5, 5.41) is 15.0. The van der Waals surface area contributed by atoms with E-state index in [4.69, 9.17) is 4.74 Å². The molecule has 0 unspecified atom stereocenters. The lowest BCUT2D eigenvalue weighted by Gasteiger charge is -2.13. The van der Waals surface area contributed by atoms with Crippen LogP contribution in [0.25, 0.3) is 16.8 Å². The van der Waals surface area contributed by atoms with Crippen molar-refractivity contribution < 1.29 is 9.84 Å². The molecule has 6 heteroatoms. The Morgan fingerprint density at radius 1 is 1.07 bits per heavy atom. The molecule has 0 aliphatic rings. The highest BCUT2D eigenvalue weighted by atomic mass is 16.5. The molecular weight excluding hydrogens is 354 g/mol. The van der Waals surface area contributed by atoms with Crippen LogP contribution in [0.15, 0.2) is 71.8 Å². The van der Waals surface area contributed by atoms with Crippen molar-refractivity contribution in [3.63, 3.8) is 0 Å². The number of nitrogens with zero attached hydrogens (tertiary/aromatic N) is 3. The number of ether oxygens (including phenoxy) is 1. The Balaban J connectivity index is 1.63. The molecule has 2 heterocycles. The smallest absolute Gasteiger partial charge is 0.276 e. The van der Waals surface area contributed by atoms with Gasteiger partial charge in [-0.1, -0.05) is 42.0 Å². The summed E-state index contributed by atoms with van der Waals surface area (Å²) in [5.74, 6) is 0.720. The van der Waals surface area contributed by atoms with Crippen molar-refractivity contribution in [3.8, 4) is 17.0 Å². The van der Waals surface area contributed by atoms with Gasteiger partial charge >= 0.3 is 0 Å². The van der Waals surface area contributed by atoms with Gasteiger partial charge in [-0.15, -0.1) is 0 Å². The lowest BCUT2D eigenvalue weighted by Crippen LogP contribution is -2.24. The lowest BCUT2D eigenvalue weighted by molar-refractivity contribution is 0.155. The van der Waals surface area contributed by atoms with Crippen molar-refractivity contribution in [2.45, 2.75) is 19.6 Å². The molecule has 0 bridgehead atoms. The SMILES string of the molecule is COc1ccc([C@@H](O)Cn2ccn3nc(-c4ccc(C)cc4)cc3c2=O)cc1. The number of aliphatic hydroxyl groups excluding tert-OH is 1. The van der Waals surface area contributed by atoms with Crippen LogP contribution in [0.4, 0.5) is 0 Å². The maximum absolute atomic E-state index is 12.9. The maximum Gasteiger partial charge on any atom is 0.276 e. The molecule has 1 atom stereocenters. The molecule has 4 aromatic rings. The molecule has 0 saturated heterocycles. The quantitative estimate of drug-likeness (QED) is 0.582. The summed E-state index contributed by atoms with van der Waals surface area (Å²) in [6.07, 6.45) is 2.58. The zero-order valence-corrected chi connectivity index (χ0v) is 15.7. The lowest BCUT2D eigenvalue weighted by atomic mass is 10.1. The second kappa shape index (κ2) is 7.32. The van der Waals surface area contributed by atoms with E-state index in [1.165, 1.54) is 10.1 Å². The van der Waals surface area contributed by atoms with Gasteiger partial charge in [-0.2, -0.15) is 5.10 Å². The Labute approximate surface area is 162 Å². The Bertz CT molecular complexity index is 1160. The van der Waals surface area contributed by atoms with Gasteiger partial charge in [-0.3, -0.25) is 4.79 Å². The molecule has 28 heavy (non-hydrogen) atoms. The van der Waals surface area contributed by atoms with E-state index in [1.807, 2.05) is 31.2 Å². The number of fused-ring (bicyclic) bond motifs is 1. The molecule has 0 fully saturated rings. The largest absolute Gasteiger partial charge is 0.497 e. The normalized spacial score (nSPS) is 12.2. The van der Waals surface area contributed by atoms with Crippen LogP contribution in [0, 0.1) is 6.92 Å².